The van der Waals surface area contributed by atoms with E-state index in [4.69, 9.17) is 11.2 Å². The summed E-state index contributed by atoms with van der Waals surface area (Å²) in [7, 11) is 0. The lowest BCUT2D eigenvalue weighted by Gasteiger charge is -2.32. The third-order valence-electron chi connectivity index (χ3n) is 2.27. The molecule has 1 aliphatic heterocycles. The molecule has 1 saturated heterocycles. The summed E-state index contributed by atoms with van der Waals surface area (Å²) in [5.41, 5.74) is 0. The first-order chi connectivity index (χ1) is 6.29. The molecule has 1 unspecified atom stereocenters. The maximum Gasteiger partial charge on any atom is 0.410 e. The van der Waals surface area contributed by atoms with E-state index in [9.17, 15) is 4.79 Å². The molecule has 1 aliphatic rings. The van der Waals surface area contributed by atoms with Crippen LogP contribution in [0.15, 0.2) is 0 Å². The van der Waals surface area contributed by atoms with Crippen LogP contribution in [0.1, 0.15) is 26.2 Å². The number of rotatable bonds is 3. The highest BCUT2D eigenvalue weighted by Crippen LogP contribution is 2.14. The fraction of sp³-hybridized carbons (Fsp3) is 0.700. The van der Waals surface area contributed by atoms with Crippen molar-refractivity contribution in [3.63, 3.8) is 0 Å². The van der Waals surface area contributed by atoms with Crippen molar-refractivity contribution in [3.05, 3.63) is 0 Å². The Labute approximate surface area is 79.1 Å². The van der Waals surface area contributed by atoms with Gasteiger partial charge in [-0.3, -0.25) is 0 Å². The first-order valence-corrected chi connectivity index (χ1v) is 4.66. The van der Waals surface area contributed by atoms with Crippen LogP contribution in [0.2, 0.25) is 0 Å². The summed E-state index contributed by atoms with van der Waals surface area (Å²) in [5.74, 6) is 2.59. The van der Waals surface area contributed by atoms with E-state index in [1.807, 2.05) is 6.92 Å². The number of hydrogen-bond donors (Lipinski definition) is 0. The van der Waals surface area contributed by atoms with Crippen molar-refractivity contribution in [2.75, 3.05) is 13.2 Å². The second kappa shape index (κ2) is 4.76. The molecule has 0 radical (unpaired) electrons. The zero-order chi connectivity index (χ0) is 9.68. The van der Waals surface area contributed by atoms with E-state index in [-0.39, 0.29) is 12.1 Å². The predicted octanol–water partition coefficient (Wildman–Crippen LogP) is 1.63. The zero-order valence-electron chi connectivity index (χ0n) is 7.95. The average molecular weight is 181 g/mol. The van der Waals surface area contributed by atoms with Crippen molar-refractivity contribution < 1.29 is 9.53 Å². The highest BCUT2D eigenvalue weighted by Gasteiger charge is 2.25. The minimum Gasteiger partial charge on any atom is -0.449 e. The first kappa shape index (κ1) is 9.91. The smallest absolute Gasteiger partial charge is 0.410 e. The van der Waals surface area contributed by atoms with Crippen molar-refractivity contribution in [2.24, 2.45) is 0 Å². The van der Waals surface area contributed by atoms with Gasteiger partial charge in [-0.2, -0.15) is 0 Å². The lowest BCUT2D eigenvalue weighted by molar-refractivity contribution is 0.0550. The van der Waals surface area contributed by atoms with Gasteiger partial charge in [0.15, 0.2) is 0 Å². The first-order valence-electron chi connectivity index (χ1n) is 4.66. The molecule has 0 aromatic carbocycles. The Balaban J connectivity index is 2.55. The summed E-state index contributed by atoms with van der Waals surface area (Å²) in [5, 5.41) is 0. The lowest BCUT2D eigenvalue weighted by atomic mass is 10.1. The largest absolute Gasteiger partial charge is 0.449 e. The molecular formula is C10H15NO2. The molecule has 0 aromatic heterocycles. The van der Waals surface area contributed by atoms with E-state index in [1.165, 1.54) is 0 Å². The monoisotopic (exact) mass is 181 g/mol. The van der Waals surface area contributed by atoms with Gasteiger partial charge in [0.25, 0.3) is 0 Å². The van der Waals surface area contributed by atoms with Gasteiger partial charge in [0.1, 0.15) is 0 Å². The Bertz CT molecular complexity index is 219. The standard InChI is InChI=1S/C10H15NO2/c1-3-6-9(4-2)11-7-5-8-13-10(11)12/h1,9H,4-8H2,2H3. The molecule has 0 spiro atoms. The maximum absolute atomic E-state index is 11.3. The van der Waals surface area contributed by atoms with Crippen molar-refractivity contribution in [1.82, 2.24) is 4.90 Å². The van der Waals surface area contributed by atoms with E-state index in [2.05, 4.69) is 5.92 Å². The minimum absolute atomic E-state index is 0.151. The highest BCUT2D eigenvalue weighted by atomic mass is 16.6. The van der Waals surface area contributed by atoms with Gasteiger partial charge in [-0.15, -0.1) is 12.3 Å². The van der Waals surface area contributed by atoms with Crippen LogP contribution < -0.4 is 0 Å². The van der Waals surface area contributed by atoms with E-state index in [0.29, 0.717) is 13.0 Å². The third-order valence-corrected chi connectivity index (χ3v) is 2.27. The molecule has 1 heterocycles. The molecule has 0 aliphatic carbocycles. The van der Waals surface area contributed by atoms with Crippen LogP contribution in [0.4, 0.5) is 4.79 Å². The normalized spacial score (nSPS) is 19.1. The molecule has 3 nitrogen and oxygen atoms in total. The summed E-state index contributed by atoms with van der Waals surface area (Å²) < 4.78 is 4.94. The highest BCUT2D eigenvalue weighted by molar-refractivity contribution is 5.68. The topological polar surface area (TPSA) is 29.5 Å². The Hall–Kier alpha value is -1.17. The van der Waals surface area contributed by atoms with E-state index in [0.717, 1.165) is 19.4 Å². The number of carbonyl (C=O) groups is 1. The molecule has 1 fully saturated rings. The molecule has 0 bridgehead atoms. The fourth-order valence-corrected chi connectivity index (χ4v) is 1.51. The van der Waals surface area contributed by atoms with Gasteiger partial charge >= 0.3 is 6.09 Å². The summed E-state index contributed by atoms with van der Waals surface area (Å²) in [6.07, 6.45) is 7.43. The van der Waals surface area contributed by atoms with E-state index >= 15 is 0 Å². The molecule has 72 valence electrons. The fourth-order valence-electron chi connectivity index (χ4n) is 1.51. The minimum atomic E-state index is -0.214. The number of ether oxygens (including phenoxy) is 1. The summed E-state index contributed by atoms with van der Waals surface area (Å²) in [6, 6.07) is 0.151. The van der Waals surface area contributed by atoms with Gasteiger partial charge in [-0.25, -0.2) is 4.79 Å². The van der Waals surface area contributed by atoms with Crippen molar-refractivity contribution >= 4 is 6.09 Å². The average Bonchev–Trinajstić information content (AvgIpc) is 2.16. The zero-order valence-corrected chi connectivity index (χ0v) is 7.95. The molecule has 0 aromatic rings. The Kier molecular flexibility index (Phi) is 3.63. The lowest BCUT2D eigenvalue weighted by Crippen LogP contribution is -2.44. The molecule has 1 amide bonds. The SMILES string of the molecule is C#CCC(CC)N1CCCOC1=O. The molecule has 13 heavy (non-hydrogen) atoms. The summed E-state index contributed by atoms with van der Waals surface area (Å²) in [4.78, 5) is 13.0. The van der Waals surface area contributed by atoms with Crippen LogP contribution in [-0.4, -0.2) is 30.2 Å². The number of carbonyl (C=O) groups excluding carboxylic acids is 1. The van der Waals surface area contributed by atoms with E-state index in [1.54, 1.807) is 4.90 Å². The Morgan fingerprint density at radius 3 is 3.08 bits per heavy atom. The second-order valence-electron chi connectivity index (χ2n) is 3.13. The number of amides is 1. The van der Waals surface area contributed by atoms with Gasteiger partial charge in [-0.05, 0) is 12.8 Å². The quantitative estimate of drug-likeness (QED) is 0.619. The molecule has 3 heteroatoms. The molecular weight excluding hydrogens is 166 g/mol. The number of hydrogen-bond acceptors (Lipinski definition) is 2. The second-order valence-corrected chi connectivity index (χ2v) is 3.13. The van der Waals surface area contributed by atoms with Gasteiger partial charge in [0.05, 0.1) is 6.61 Å². The molecule has 0 N–H and O–H groups in total. The summed E-state index contributed by atoms with van der Waals surface area (Å²) >= 11 is 0. The van der Waals surface area contributed by atoms with Gasteiger partial charge < -0.3 is 9.64 Å². The third kappa shape index (κ3) is 2.38. The molecule has 0 saturated carbocycles. The van der Waals surface area contributed by atoms with Crippen LogP contribution in [0.3, 0.4) is 0 Å². The van der Waals surface area contributed by atoms with Crippen LogP contribution >= 0.6 is 0 Å². The van der Waals surface area contributed by atoms with Crippen LogP contribution in [-0.2, 0) is 4.74 Å². The maximum atomic E-state index is 11.3. The Morgan fingerprint density at radius 2 is 2.54 bits per heavy atom. The van der Waals surface area contributed by atoms with Gasteiger partial charge in [0.2, 0.25) is 0 Å². The van der Waals surface area contributed by atoms with Crippen molar-refractivity contribution in [2.45, 2.75) is 32.2 Å². The predicted molar refractivity (Wildman–Crippen MR) is 50.2 cm³/mol. The number of nitrogens with zero attached hydrogens (tertiary/aromatic N) is 1. The van der Waals surface area contributed by atoms with E-state index < -0.39 is 0 Å². The summed E-state index contributed by atoms with van der Waals surface area (Å²) in [6.45, 7) is 3.35. The van der Waals surface area contributed by atoms with Crippen molar-refractivity contribution in [1.29, 1.82) is 0 Å². The van der Waals surface area contributed by atoms with Crippen LogP contribution in [0.5, 0.6) is 0 Å². The molecule has 1 rings (SSSR count). The van der Waals surface area contributed by atoms with Gasteiger partial charge in [-0.1, -0.05) is 6.92 Å². The van der Waals surface area contributed by atoms with Crippen LogP contribution in [0.25, 0.3) is 0 Å². The van der Waals surface area contributed by atoms with Gasteiger partial charge in [0, 0.05) is 19.0 Å². The number of cyclic esters (lactones) is 1. The van der Waals surface area contributed by atoms with Crippen molar-refractivity contribution in [3.8, 4) is 12.3 Å². The Morgan fingerprint density at radius 1 is 1.77 bits per heavy atom. The molecule has 1 atom stereocenters. The van der Waals surface area contributed by atoms with Crippen LogP contribution in [0, 0.1) is 12.3 Å². The number of terminal acetylenes is 1.